The van der Waals surface area contributed by atoms with Crippen LogP contribution < -0.4 is 0 Å². The molecule has 0 radical (unpaired) electrons. The molecular weight excluding hydrogens is 548 g/mol. The number of carbonyl (C=O) groups is 4. The Morgan fingerprint density at radius 2 is 1.63 bits per heavy atom. The minimum absolute atomic E-state index is 0.100. The largest absolute Gasteiger partial charge is 0.454 e. The van der Waals surface area contributed by atoms with Crippen molar-refractivity contribution in [3.63, 3.8) is 0 Å². The van der Waals surface area contributed by atoms with Crippen molar-refractivity contribution in [2.24, 2.45) is 16.7 Å². The van der Waals surface area contributed by atoms with Gasteiger partial charge in [0.1, 0.15) is 11.7 Å². The summed E-state index contributed by atoms with van der Waals surface area (Å²) in [5.41, 5.74) is -6.12. The van der Waals surface area contributed by atoms with Gasteiger partial charge >= 0.3 is 11.9 Å². The zero-order valence-corrected chi connectivity index (χ0v) is 26.8. The second-order valence-corrected chi connectivity index (χ2v) is 17.9. The Bertz CT molecular complexity index is 1170. The maximum Gasteiger partial charge on any atom is 0.303 e. The SMILES string of the molecule is CC[Si](CC)(CC)O[C@H]1C[C@H]2OC[C@@]2(OC(C)=O)C2[C@H](O)[C@]3(O)CC(=O)C(C)=C([C@@H](OC(C)=O)C(=O)[C@@]21C)C3(C)C. The lowest BCUT2D eigenvalue weighted by Crippen LogP contribution is -2.82. The molecule has 11 heteroatoms. The molecule has 8 atom stereocenters. The van der Waals surface area contributed by atoms with Crippen molar-refractivity contribution in [3.05, 3.63) is 11.1 Å². The quantitative estimate of drug-likeness (QED) is 0.333. The van der Waals surface area contributed by atoms with E-state index in [0.29, 0.717) is 0 Å². The molecular formula is C30H46O10Si. The third kappa shape index (κ3) is 4.32. The van der Waals surface area contributed by atoms with Crippen molar-refractivity contribution in [2.45, 2.75) is 129 Å². The van der Waals surface area contributed by atoms with Crippen molar-refractivity contribution in [3.8, 4) is 0 Å². The van der Waals surface area contributed by atoms with E-state index in [9.17, 15) is 24.6 Å². The van der Waals surface area contributed by atoms with Gasteiger partial charge in [0.05, 0.1) is 24.2 Å². The summed E-state index contributed by atoms with van der Waals surface area (Å²) in [4.78, 5) is 53.5. The van der Waals surface area contributed by atoms with E-state index in [-0.39, 0.29) is 24.2 Å². The van der Waals surface area contributed by atoms with Crippen molar-refractivity contribution < 1.29 is 48.0 Å². The molecule has 1 aliphatic heterocycles. The normalized spacial score (nSPS) is 40.0. The van der Waals surface area contributed by atoms with Gasteiger partial charge in [-0.1, -0.05) is 34.6 Å². The van der Waals surface area contributed by atoms with Gasteiger partial charge in [0.2, 0.25) is 0 Å². The Hall–Kier alpha value is -1.92. The van der Waals surface area contributed by atoms with E-state index >= 15 is 4.79 Å². The Labute approximate surface area is 243 Å². The van der Waals surface area contributed by atoms with E-state index in [0.717, 1.165) is 18.1 Å². The molecule has 3 fully saturated rings. The minimum atomic E-state index is -2.38. The number of ether oxygens (including phenoxy) is 3. The van der Waals surface area contributed by atoms with E-state index < -0.39 is 90.6 Å². The predicted molar refractivity (Wildman–Crippen MR) is 150 cm³/mol. The Morgan fingerprint density at radius 3 is 2.10 bits per heavy atom. The molecule has 4 aliphatic rings. The van der Waals surface area contributed by atoms with Crippen LogP contribution in [0.15, 0.2) is 11.1 Å². The van der Waals surface area contributed by atoms with E-state index in [2.05, 4.69) is 20.8 Å². The molecule has 0 amide bonds. The van der Waals surface area contributed by atoms with Crippen LogP contribution in [0.25, 0.3) is 0 Å². The molecule has 2 bridgehead atoms. The average molecular weight is 595 g/mol. The lowest BCUT2D eigenvalue weighted by molar-refractivity contribution is -0.343. The smallest absolute Gasteiger partial charge is 0.303 e. The van der Waals surface area contributed by atoms with E-state index in [1.54, 1.807) is 27.7 Å². The molecule has 41 heavy (non-hydrogen) atoms. The highest BCUT2D eigenvalue weighted by Crippen LogP contribution is 2.64. The van der Waals surface area contributed by atoms with Crippen molar-refractivity contribution in [2.75, 3.05) is 6.61 Å². The predicted octanol–water partition coefficient (Wildman–Crippen LogP) is 3.03. The highest BCUT2D eigenvalue weighted by Gasteiger charge is 2.77. The van der Waals surface area contributed by atoms with E-state index in [1.807, 2.05) is 0 Å². The van der Waals surface area contributed by atoms with Gasteiger partial charge in [-0.15, -0.1) is 0 Å². The first-order valence-corrected chi connectivity index (χ1v) is 17.3. The summed E-state index contributed by atoms with van der Waals surface area (Å²) in [5.74, 6) is -3.59. The van der Waals surface area contributed by atoms with Gasteiger partial charge in [-0.3, -0.25) is 19.2 Å². The number of hydrogen-bond acceptors (Lipinski definition) is 10. The maximum atomic E-state index is 15.1. The fraction of sp³-hybridized carbons (Fsp3) is 0.800. The lowest BCUT2D eigenvalue weighted by Gasteiger charge is -2.67. The Morgan fingerprint density at radius 1 is 1.05 bits per heavy atom. The molecule has 2 saturated carbocycles. The third-order valence-electron chi connectivity index (χ3n) is 11.1. The van der Waals surface area contributed by atoms with Crippen LogP contribution in [-0.2, 0) is 37.8 Å². The Balaban J connectivity index is 2.08. The van der Waals surface area contributed by atoms with Crippen LogP contribution in [0.4, 0.5) is 0 Å². The summed E-state index contributed by atoms with van der Waals surface area (Å²) in [6.07, 6.45) is -4.93. The molecule has 10 nitrogen and oxygen atoms in total. The fourth-order valence-electron chi connectivity index (χ4n) is 8.29. The number of fused-ring (bicyclic) bond motifs is 5. The zero-order chi connectivity index (χ0) is 30.9. The van der Waals surface area contributed by atoms with Gasteiger partial charge in [0.25, 0.3) is 0 Å². The summed E-state index contributed by atoms with van der Waals surface area (Å²) in [6, 6.07) is 2.37. The molecule has 0 aromatic heterocycles. The van der Waals surface area contributed by atoms with E-state index in [1.165, 1.54) is 13.8 Å². The van der Waals surface area contributed by atoms with Crippen LogP contribution in [0.3, 0.4) is 0 Å². The monoisotopic (exact) mass is 594 g/mol. The number of carbonyl (C=O) groups excluding carboxylic acids is 4. The number of Topliss-reactive ketones (excluding diaryl/α,β-unsaturated/α-hetero) is 2. The van der Waals surface area contributed by atoms with Crippen LogP contribution >= 0.6 is 0 Å². The maximum absolute atomic E-state index is 15.1. The topological polar surface area (TPSA) is 146 Å². The fourth-order valence-corrected chi connectivity index (χ4v) is 11.2. The van der Waals surface area contributed by atoms with Gasteiger partial charge in [-0.05, 0) is 43.1 Å². The van der Waals surface area contributed by atoms with Crippen molar-refractivity contribution in [1.82, 2.24) is 0 Å². The summed E-state index contributed by atoms with van der Waals surface area (Å²) >= 11 is 0. The van der Waals surface area contributed by atoms with Crippen molar-refractivity contribution in [1.29, 1.82) is 0 Å². The van der Waals surface area contributed by atoms with Gasteiger partial charge in [-0.2, -0.15) is 0 Å². The lowest BCUT2D eigenvalue weighted by atomic mass is 9.45. The second kappa shape index (κ2) is 10.4. The van der Waals surface area contributed by atoms with Crippen LogP contribution in [0.1, 0.15) is 75.2 Å². The summed E-state index contributed by atoms with van der Waals surface area (Å²) in [7, 11) is -2.38. The number of rotatable bonds is 7. The number of aliphatic hydroxyl groups is 2. The van der Waals surface area contributed by atoms with Gasteiger partial charge in [0, 0.05) is 38.0 Å². The zero-order valence-electron chi connectivity index (χ0n) is 25.8. The first-order chi connectivity index (χ1) is 18.9. The second-order valence-electron chi connectivity index (χ2n) is 13.2. The average Bonchev–Trinajstić information content (AvgIpc) is 2.88. The molecule has 2 N–H and O–H groups in total. The molecule has 1 heterocycles. The molecule has 0 aromatic carbocycles. The molecule has 3 aliphatic carbocycles. The van der Waals surface area contributed by atoms with Crippen LogP contribution in [-0.4, -0.2) is 84.3 Å². The Kier molecular flexibility index (Phi) is 8.09. The minimum Gasteiger partial charge on any atom is -0.454 e. The summed E-state index contributed by atoms with van der Waals surface area (Å²) in [5, 5.41) is 24.8. The van der Waals surface area contributed by atoms with Crippen LogP contribution in [0.5, 0.6) is 0 Å². The first-order valence-electron chi connectivity index (χ1n) is 14.8. The molecule has 230 valence electrons. The van der Waals surface area contributed by atoms with E-state index in [4.69, 9.17) is 18.6 Å². The number of aliphatic hydroxyl groups excluding tert-OH is 1. The molecule has 1 saturated heterocycles. The molecule has 1 unspecified atom stereocenters. The number of hydrogen-bond donors (Lipinski definition) is 2. The van der Waals surface area contributed by atoms with Crippen LogP contribution in [0, 0.1) is 16.7 Å². The number of allylic oxidation sites excluding steroid dienone is 1. The summed E-state index contributed by atoms with van der Waals surface area (Å²) in [6.45, 7) is 15.0. The highest BCUT2D eigenvalue weighted by atomic mass is 28.4. The molecule has 4 rings (SSSR count). The molecule has 0 spiro atoms. The van der Waals surface area contributed by atoms with Crippen LogP contribution in [0.2, 0.25) is 18.1 Å². The number of ketones is 2. The first kappa shape index (κ1) is 32.0. The van der Waals surface area contributed by atoms with Gasteiger partial charge in [0.15, 0.2) is 31.6 Å². The molecule has 0 aromatic rings. The standard InChI is InChI=1S/C30H46O10Si/c1-10-41(11-2,12-3)40-20-13-21-29(15-37-21,39-18(6)32)24-26(35)30(36)14-19(33)16(4)22(27(30,7)8)23(38-17(5)31)25(34)28(20,24)9/h20-21,23-24,26,35-36H,10-15H2,1-9H3/t20-,21+,23+,24?,26-,28+,29-,30+/m0/s1. The number of esters is 2. The highest BCUT2D eigenvalue weighted by molar-refractivity contribution is 6.73. The van der Waals surface area contributed by atoms with Crippen molar-refractivity contribution >= 4 is 31.8 Å². The van der Waals surface area contributed by atoms with Gasteiger partial charge < -0.3 is 28.8 Å². The van der Waals surface area contributed by atoms with Gasteiger partial charge in [-0.25, -0.2) is 0 Å². The summed E-state index contributed by atoms with van der Waals surface area (Å²) < 4.78 is 24.7. The third-order valence-corrected chi connectivity index (χ3v) is 15.8.